The van der Waals surface area contributed by atoms with E-state index in [1.807, 2.05) is 47.5 Å². The van der Waals surface area contributed by atoms with Crippen LogP contribution in [0.15, 0.2) is 42.6 Å². The fourth-order valence-corrected chi connectivity index (χ4v) is 3.22. The maximum absolute atomic E-state index is 12.8. The summed E-state index contributed by atoms with van der Waals surface area (Å²) in [6, 6.07) is 11.6. The van der Waals surface area contributed by atoms with Gasteiger partial charge in [0.15, 0.2) is 6.29 Å². The SMILES string of the molecule is O=Cc1cc2n(c1)CCCN(C(=O)c1cc3ccccc3[nH]1)C2. The van der Waals surface area contributed by atoms with Gasteiger partial charge in [0.05, 0.1) is 6.54 Å². The van der Waals surface area contributed by atoms with Gasteiger partial charge in [-0.05, 0) is 24.6 Å². The molecule has 0 bridgehead atoms. The van der Waals surface area contributed by atoms with Crippen LogP contribution in [0.5, 0.6) is 0 Å². The number of carbonyl (C=O) groups is 2. The van der Waals surface area contributed by atoms with Gasteiger partial charge in [0.2, 0.25) is 0 Å². The van der Waals surface area contributed by atoms with Crippen LogP contribution in [0.3, 0.4) is 0 Å². The molecule has 3 aromatic rings. The molecule has 0 unspecified atom stereocenters. The number of nitrogens with one attached hydrogen (secondary N) is 1. The zero-order valence-corrected chi connectivity index (χ0v) is 12.7. The molecule has 1 aromatic carbocycles. The second-order valence-electron chi connectivity index (χ2n) is 5.93. The first-order valence-electron chi connectivity index (χ1n) is 7.76. The van der Waals surface area contributed by atoms with Crippen molar-refractivity contribution in [2.24, 2.45) is 0 Å². The number of para-hydroxylation sites is 1. The third-order valence-electron chi connectivity index (χ3n) is 4.37. The smallest absolute Gasteiger partial charge is 0.270 e. The Kier molecular flexibility index (Phi) is 3.26. The number of aromatic nitrogens is 2. The summed E-state index contributed by atoms with van der Waals surface area (Å²) in [6.45, 7) is 2.08. The van der Waals surface area contributed by atoms with Crippen LogP contribution in [0, 0.1) is 0 Å². The van der Waals surface area contributed by atoms with Crippen molar-refractivity contribution in [3.05, 3.63) is 59.5 Å². The minimum absolute atomic E-state index is 0.00324. The topological polar surface area (TPSA) is 58.1 Å². The predicted octanol–water partition coefficient (Wildman–Crippen LogP) is 2.83. The van der Waals surface area contributed by atoms with Crippen molar-refractivity contribution in [3.63, 3.8) is 0 Å². The molecule has 5 nitrogen and oxygen atoms in total. The van der Waals surface area contributed by atoms with Gasteiger partial charge < -0.3 is 14.5 Å². The Morgan fingerprint density at radius 1 is 1.17 bits per heavy atom. The number of aldehydes is 1. The molecule has 0 radical (unpaired) electrons. The van der Waals surface area contributed by atoms with E-state index in [1.54, 1.807) is 0 Å². The summed E-state index contributed by atoms with van der Waals surface area (Å²) in [5.74, 6) is 0.00324. The number of rotatable bonds is 2. The lowest BCUT2D eigenvalue weighted by Gasteiger charge is -2.19. The van der Waals surface area contributed by atoms with Crippen molar-refractivity contribution in [1.82, 2.24) is 14.5 Å². The second kappa shape index (κ2) is 5.43. The van der Waals surface area contributed by atoms with E-state index in [0.29, 0.717) is 24.3 Å². The van der Waals surface area contributed by atoms with Gasteiger partial charge in [0.25, 0.3) is 5.91 Å². The van der Waals surface area contributed by atoms with E-state index in [0.717, 1.165) is 35.8 Å². The molecule has 1 aliphatic rings. The highest BCUT2D eigenvalue weighted by molar-refractivity contribution is 5.98. The Bertz CT molecular complexity index is 858. The molecular weight excluding hydrogens is 290 g/mol. The molecule has 0 saturated heterocycles. The molecule has 3 heterocycles. The first-order valence-corrected chi connectivity index (χ1v) is 7.76. The Balaban J connectivity index is 1.63. The third kappa shape index (κ3) is 2.44. The minimum atomic E-state index is 0.00324. The molecule has 0 aliphatic carbocycles. The van der Waals surface area contributed by atoms with E-state index >= 15 is 0 Å². The third-order valence-corrected chi connectivity index (χ3v) is 4.37. The predicted molar refractivity (Wildman–Crippen MR) is 87.5 cm³/mol. The zero-order chi connectivity index (χ0) is 15.8. The van der Waals surface area contributed by atoms with Gasteiger partial charge in [-0.1, -0.05) is 18.2 Å². The molecule has 1 amide bonds. The van der Waals surface area contributed by atoms with E-state index in [1.165, 1.54) is 0 Å². The number of hydrogen-bond donors (Lipinski definition) is 1. The van der Waals surface area contributed by atoms with Gasteiger partial charge in [-0.3, -0.25) is 9.59 Å². The summed E-state index contributed by atoms with van der Waals surface area (Å²) in [5, 5.41) is 1.04. The summed E-state index contributed by atoms with van der Waals surface area (Å²) in [5.41, 5.74) is 3.26. The quantitative estimate of drug-likeness (QED) is 0.740. The standard InChI is InChI=1S/C18H17N3O2/c22-12-13-8-15-11-21(7-3-6-20(15)10-13)18(23)17-9-14-4-1-2-5-16(14)19-17/h1-2,4-5,8-10,12,19H,3,6-7,11H2. The average Bonchev–Trinajstić information content (AvgIpc) is 3.12. The number of H-pyrrole nitrogens is 1. The van der Waals surface area contributed by atoms with Crippen LogP contribution in [0.1, 0.15) is 33.0 Å². The van der Waals surface area contributed by atoms with Crippen molar-refractivity contribution in [2.75, 3.05) is 6.54 Å². The molecule has 23 heavy (non-hydrogen) atoms. The molecule has 116 valence electrons. The van der Waals surface area contributed by atoms with E-state index in [-0.39, 0.29) is 5.91 Å². The fraction of sp³-hybridized carbons (Fsp3) is 0.222. The Morgan fingerprint density at radius 2 is 2.04 bits per heavy atom. The average molecular weight is 307 g/mol. The number of carbonyl (C=O) groups excluding carboxylic acids is 2. The van der Waals surface area contributed by atoms with Crippen molar-refractivity contribution in [3.8, 4) is 0 Å². The minimum Gasteiger partial charge on any atom is -0.351 e. The molecule has 0 fully saturated rings. The molecule has 1 N–H and O–H groups in total. The van der Waals surface area contributed by atoms with Crippen LogP contribution in [-0.4, -0.2) is 33.2 Å². The molecule has 5 heteroatoms. The van der Waals surface area contributed by atoms with Crippen LogP contribution in [0.25, 0.3) is 10.9 Å². The van der Waals surface area contributed by atoms with Gasteiger partial charge in [-0.2, -0.15) is 0 Å². The van der Waals surface area contributed by atoms with Gasteiger partial charge in [0, 0.05) is 41.4 Å². The van der Waals surface area contributed by atoms with Crippen molar-refractivity contribution < 1.29 is 9.59 Å². The highest BCUT2D eigenvalue weighted by Crippen LogP contribution is 2.20. The molecule has 0 spiro atoms. The lowest BCUT2D eigenvalue weighted by Crippen LogP contribution is -2.30. The summed E-state index contributed by atoms with van der Waals surface area (Å²) >= 11 is 0. The lowest BCUT2D eigenvalue weighted by molar-refractivity contribution is 0.0741. The number of aromatic amines is 1. The van der Waals surface area contributed by atoms with E-state index < -0.39 is 0 Å². The first-order chi connectivity index (χ1) is 11.2. The molecule has 1 aliphatic heterocycles. The van der Waals surface area contributed by atoms with Crippen molar-refractivity contribution in [1.29, 1.82) is 0 Å². The maximum atomic E-state index is 12.8. The number of fused-ring (bicyclic) bond motifs is 2. The highest BCUT2D eigenvalue weighted by atomic mass is 16.2. The fourth-order valence-electron chi connectivity index (χ4n) is 3.22. The maximum Gasteiger partial charge on any atom is 0.270 e. The molecule has 4 rings (SSSR count). The second-order valence-corrected chi connectivity index (χ2v) is 5.93. The van der Waals surface area contributed by atoms with Crippen LogP contribution in [0.2, 0.25) is 0 Å². The molecular formula is C18H17N3O2. The van der Waals surface area contributed by atoms with E-state index in [2.05, 4.69) is 9.55 Å². The Labute approximate surface area is 133 Å². The van der Waals surface area contributed by atoms with Gasteiger partial charge in [-0.15, -0.1) is 0 Å². The Morgan fingerprint density at radius 3 is 2.87 bits per heavy atom. The summed E-state index contributed by atoms with van der Waals surface area (Å²) < 4.78 is 2.07. The van der Waals surface area contributed by atoms with Gasteiger partial charge in [-0.25, -0.2) is 0 Å². The lowest BCUT2D eigenvalue weighted by atomic mass is 10.2. The molecule has 0 atom stereocenters. The summed E-state index contributed by atoms with van der Waals surface area (Å²) in [6.07, 6.45) is 3.59. The van der Waals surface area contributed by atoms with Crippen LogP contribution < -0.4 is 0 Å². The van der Waals surface area contributed by atoms with Crippen LogP contribution in [-0.2, 0) is 13.1 Å². The number of hydrogen-bond acceptors (Lipinski definition) is 2. The Hall–Kier alpha value is -2.82. The van der Waals surface area contributed by atoms with E-state index in [9.17, 15) is 9.59 Å². The monoisotopic (exact) mass is 307 g/mol. The van der Waals surface area contributed by atoms with Crippen LogP contribution >= 0.6 is 0 Å². The zero-order valence-electron chi connectivity index (χ0n) is 12.7. The molecule has 0 saturated carbocycles. The number of amides is 1. The van der Waals surface area contributed by atoms with Crippen molar-refractivity contribution >= 4 is 23.1 Å². The normalized spacial score (nSPS) is 14.5. The van der Waals surface area contributed by atoms with Gasteiger partial charge in [0.1, 0.15) is 5.69 Å². The first kappa shape index (κ1) is 13.8. The van der Waals surface area contributed by atoms with Crippen molar-refractivity contribution in [2.45, 2.75) is 19.5 Å². The highest BCUT2D eigenvalue weighted by Gasteiger charge is 2.22. The number of nitrogens with zero attached hydrogens (tertiary/aromatic N) is 2. The van der Waals surface area contributed by atoms with Crippen LogP contribution in [0.4, 0.5) is 0 Å². The summed E-state index contributed by atoms with van der Waals surface area (Å²) in [7, 11) is 0. The number of aryl methyl sites for hydroxylation is 1. The summed E-state index contributed by atoms with van der Waals surface area (Å²) in [4.78, 5) is 28.8. The van der Waals surface area contributed by atoms with E-state index in [4.69, 9.17) is 0 Å². The van der Waals surface area contributed by atoms with Gasteiger partial charge >= 0.3 is 0 Å². The largest absolute Gasteiger partial charge is 0.351 e. The number of benzene rings is 1. The molecule has 2 aromatic heterocycles.